The summed E-state index contributed by atoms with van der Waals surface area (Å²) in [5.41, 5.74) is 1.26. The molecule has 8 heteroatoms. The number of halogens is 2. The van der Waals surface area contributed by atoms with Crippen molar-refractivity contribution >= 4 is 39.9 Å². The number of hydrogen-bond donors (Lipinski definition) is 2. The van der Waals surface area contributed by atoms with E-state index in [4.69, 9.17) is 11.6 Å². The van der Waals surface area contributed by atoms with Gasteiger partial charge in [0.25, 0.3) is 5.91 Å². The van der Waals surface area contributed by atoms with Crippen molar-refractivity contribution in [3.05, 3.63) is 45.2 Å². The Morgan fingerprint density at radius 3 is 3.00 bits per heavy atom. The summed E-state index contributed by atoms with van der Waals surface area (Å²) < 4.78 is 13.0. The van der Waals surface area contributed by atoms with E-state index in [1.54, 1.807) is 0 Å². The average Bonchev–Trinajstić information content (AvgIpc) is 2.95. The molecule has 1 aliphatic rings. The number of aryl methyl sites for hydroxylation is 1. The zero-order chi connectivity index (χ0) is 18.7. The molecule has 0 spiro atoms. The quantitative estimate of drug-likeness (QED) is 0.808. The maximum Gasteiger partial charge on any atom is 0.252 e. The van der Waals surface area contributed by atoms with Crippen LogP contribution in [0.1, 0.15) is 40.7 Å². The Morgan fingerprint density at radius 2 is 2.23 bits per heavy atom. The van der Waals surface area contributed by atoms with Crippen LogP contribution in [0.5, 0.6) is 0 Å². The van der Waals surface area contributed by atoms with Crippen molar-refractivity contribution in [1.29, 1.82) is 0 Å². The monoisotopic (exact) mass is 395 g/mol. The van der Waals surface area contributed by atoms with Crippen molar-refractivity contribution in [2.24, 2.45) is 5.92 Å². The lowest BCUT2D eigenvalue weighted by Gasteiger charge is -2.15. The van der Waals surface area contributed by atoms with Gasteiger partial charge in [-0.05, 0) is 43.4 Å². The van der Waals surface area contributed by atoms with Gasteiger partial charge >= 0.3 is 0 Å². The predicted molar refractivity (Wildman–Crippen MR) is 100 cm³/mol. The maximum atomic E-state index is 13.0. The molecule has 2 N–H and O–H groups in total. The third kappa shape index (κ3) is 4.59. The Hall–Kier alpha value is -1.99. The molecule has 0 saturated carbocycles. The molecule has 1 heterocycles. The van der Waals surface area contributed by atoms with Crippen molar-refractivity contribution < 1.29 is 14.0 Å². The van der Waals surface area contributed by atoms with E-state index in [9.17, 15) is 14.0 Å². The van der Waals surface area contributed by atoms with Crippen molar-refractivity contribution in [3.63, 3.8) is 0 Å². The first-order chi connectivity index (χ1) is 12.4. The number of carbonyl (C=O) groups excluding carboxylic acids is 2. The van der Waals surface area contributed by atoms with Gasteiger partial charge in [-0.1, -0.05) is 18.5 Å². The van der Waals surface area contributed by atoms with E-state index in [-0.39, 0.29) is 29.5 Å². The van der Waals surface area contributed by atoms with Crippen molar-refractivity contribution in [2.45, 2.75) is 32.6 Å². The first kappa shape index (κ1) is 18.8. The van der Waals surface area contributed by atoms with Crippen LogP contribution in [0, 0.1) is 11.7 Å². The number of carbonyl (C=O) groups is 2. The summed E-state index contributed by atoms with van der Waals surface area (Å²) in [7, 11) is 0. The predicted octanol–water partition coefficient (Wildman–Crippen LogP) is 3.82. The Morgan fingerprint density at radius 1 is 1.42 bits per heavy atom. The summed E-state index contributed by atoms with van der Waals surface area (Å²) in [5, 5.41) is 6.04. The Labute approximate surface area is 160 Å². The highest BCUT2D eigenvalue weighted by atomic mass is 35.5. The molecule has 1 aromatic heterocycles. The van der Waals surface area contributed by atoms with Crippen LogP contribution in [0.15, 0.2) is 18.2 Å². The van der Waals surface area contributed by atoms with E-state index >= 15 is 0 Å². The van der Waals surface area contributed by atoms with Crippen LogP contribution in [0.2, 0.25) is 5.02 Å². The zero-order valence-electron chi connectivity index (χ0n) is 14.3. The number of hydrogen-bond acceptors (Lipinski definition) is 4. The molecule has 1 aromatic carbocycles. The number of nitrogens with one attached hydrogen (secondary N) is 2. The Balaban J connectivity index is 1.48. The second-order valence-electron chi connectivity index (χ2n) is 6.42. The topological polar surface area (TPSA) is 71.1 Å². The fraction of sp³-hybridized carbons (Fsp3) is 0.389. The van der Waals surface area contributed by atoms with E-state index < -0.39 is 11.7 Å². The fourth-order valence-corrected chi connectivity index (χ4v) is 4.27. The molecule has 0 radical (unpaired) electrons. The molecule has 1 aliphatic carbocycles. The van der Waals surface area contributed by atoms with Gasteiger partial charge in [-0.2, -0.15) is 0 Å². The molecule has 26 heavy (non-hydrogen) atoms. The number of nitrogens with zero attached hydrogens (tertiary/aromatic N) is 1. The Kier molecular flexibility index (Phi) is 5.88. The van der Waals surface area contributed by atoms with Crippen LogP contribution in [-0.2, 0) is 17.6 Å². The summed E-state index contributed by atoms with van der Waals surface area (Å²) in [6, 6.07) is 3.56. The van der Waals surface area contributed by atoms with Gasteiger partial charge in [-0.15, -0.1) is 11.3 Å². The molecule has 0 aliphatic heterocycles. The molecule has 1 atom stereocenters. The van der Waals surface area contributed by atoms with E-state index in [2.05, 4.69) is 22.5 Å². The lowest BCUT2D eigenvalue weighted by Crippen LogP contribution is -2.27. The summed E-state index contributed by atoms with van der Waals surface area (Å²) >= 11 is 7.37. The normalized spacial score (nSPS) is 16.0. The fourth-order valence-electron chi connectivity index (χ4n) is 2.83. The number of aromatic nitrogens is 1. The zero-order valence-corrected chi connectivity index (χ0v) is 15.8. The molecule has 2 aromatic rings. The molecular weight excluding hydrogens is 377 g/mol. The van der Waals surface area contributed by atoms with E-state index in [0.29, 0.717) is 11.0 Å². The summed E-state index contributed by atoms with van der Waals surface area (Å²) in [4.78, 5) is 29.8. The van der Waals surface area contributed by atoms with Crippen LogP contribution >= 0.6 is 22.9 Å². The minimum Gasteiger partial charge on any atom is -0.351 e. The standard InChI is InChI=1S/C18H19ClFN3O2S/c1-10-2-5-14-15(8-10)26-18(22-14)23-16(24)6-7-21-17(25)12-4-3-11(20)9-13(12)19/h3-4,9-10H,2,5-8H2,1H3,(H,21,25)(H,22,23,24)/t10-/m1/s1. The second kappa shape index (κ2) is 8.14. The lowest BCUT2D eigenvalue weighted by atomic mass is 9.93. The molecule has 2 amide bonds. The summed E-state index contributed by atoms with van der Waals surface area (Å²) in [6.07, 6.45) is 3.21. The molecular formula is C18H19ClFN3O2S. The second-order valence-corrected chi connectivity index (χ2v) is 7.91. The van der Waals surface area contributed by atoms with Crippen molar-refractivity contribution in [2.75, 3.05) is 11.9 Å². The minimum absolute atomic E-state index is 0.0366. The van der Waals surface area contributed by atoms with E-state index in [0.717, 1.165) is 31.0 Å². The van der Waals surface area contributed by atoms with Crippen LogP contribution in [0.25, 0.3) is 0 Å². The van der Waals surface area contributed by atoms with Gasteiger partial charge in [0.2, 0.25) is 5.91 Å². The van der Waals surface area contributed by atoms with Gasteiger partial charge in [0.15, 0.2) is 5.13 Å². The molecule has 0 bridgehead atoms. The molecule has 0 unspecified atom stereocenters. The van der Waals surface area contributed by atoms with Gasteiger partial charge < -0.3 is 10.6 Å². The maximum absolute atomic E-state index is 13.0. The number of amides is 2. The molecule has 0 saturated heterocycles. The molecule has 138 valence electrons. The van der Waals surface area contributed by atoms with E-state index in [1.165, 1.54) is 28.3 Å². The Bertz CT molecular complexity index is 840. The average molecular weight is 396 g/mol. The highest BCUT2D eigenvalue weighted by Crippen LogP contribution is 2.32. The number of benzene rings is 1. The minimum atomic E-state index is -0.508. The van der Waals surface area contributed by atoms with Crippen LogP contribution in [0.4, 0.5) is 9.52 Å². The molecule has 0 fully saturated rings. The molecule has 3 rings (SSSR count). The molecule has 5 nitrogen and oxygen atoms in total. The van der Waals surface area contributed by atoms with Crippen LogP contribution < -0.4 is 10.6 Å². The first-order valence-corrected chi connectivity index (χ1v) is 9.63. The number of thiazole rings is 1. The lowest BCUT2D eigenvalue weighted by molar-refractivity contribution is -0.116. The highest BCUT2D eigenvalue weighted by molar-refractivity contribution is 7.15. The first-order valence-electron chi connectivity index (χ1n) is 8.44. The third-order valence-electron chi connectivity index (χ3n) is 4.25. The highest BCUT2D eigenvalue weighted by Gasteiger charge is 2.20. The summed E-state index contributed by atoms with van der Waals surface area (Å²) in [6.45, 7) is 2.37. The van der Waals surface area contributed by atoms with Gasteiger partial charge in [0, 0.05) is 17.8 Å². The van der Waals surface area contributed by atoms with Crippen molar-refractivity contribution in [3.8, 4) is 0 Å². The van der Waals surface area contributed by atoms with E-state index in [1.807, 2.05) is 0 Å². The van der Waals surface area contributed by atoms with Gasteiger partial charge in [-0.25, -0.2) is 9.37 Å². The largest absolute Gasteiger partial charge is 0.351 e. The van der Waals surface area contributed by atoms with Crippen LogP contribution in [-0.4, -0.2) is 23.3 Å². The van der Waals surface area contributed by atoms with Crippen LogP contribution in [0.3, 0.4) is 0 Å². The van der Waals surface area contributed by atoms with Gasteiger partial charge in [0.05, 0.1) is 16.3 Å². The third-order valence-corrected chi connectivity index (χ3v) is 5.59. The van der Waals surface area contributed by atoms with Gasteiger partial charge in [-0.3, -0.25) is 9.59 Å². The van der Waals surface area contributed by atoms with Gasteiger partial charge in [0.1, 0.15) is 5.82 Å². The van der Waals surface area contributed by atoms with Crippen molar-refractivity contribution in [1.82, 2.24) is 10.3 Å². The number of rotatable bonds is 5. The number of fused-ring (bicyclic) bond motifs is 1. The SMILES string of the molecule is C[C@@H]1CCc2nc(NC(=O)CCNC(=O)c3ccc(F)cc3Cl)sc2C1. The number of anilines is 1. The smallest absolute Gasteiger partial charge is 0.252 e. The summed E-state index contributed by atoms with van der Waals surface area (Å²) in [5.74, 6) is -0.511.